The Morgan fingerprint density at radius 1 is 1.30 bits per heavy atom. The maximum Gasteiger partial charge on any atom is 0.255 e. The van der Waals surface area contributed by atoms with Gasteiger partial charge in [-0.1, -0.05) is 27.5 Å². The Morgan fingerprint density at radius 3 is 2.65 bits per heavy atom. The van der Waals surface area contributed by atoms with Gasteiger partial charge in [0.25, 0.3) is 5.91 Å². The summed E-state index contributed by atoms with van der Waals surface area (Å²) in [5, 5.41) is 3.04. The Kier molecular flexibility index (Phi) is 4.30. The first-order valence-electron chi connectivity index (χ1n) is 5.70. The smallest absolute Gasteiger partial charge is 0.255 e. The van der Waals surface area contributed by atoms with E-state index in [-0.39, 0.29) is 5.56 Å². The Bertz CT molecular complexity index is 671. The van der Waals surface area contributed by atoms with Gasteiger partial charge in [-0.05, 0) is 42.8 Å². The summed E-state index contributed by atoms with van der Waals surface area (Å²) in [6, 6.07) is 7.21. The average molecular weight is 358 g/mol. The van der Waals surface area contributed by atoms with E-state index in [0.717, 1.165) is 11.6 Å². The molecule has 2 aromatic rings. The van der Waals surface area contributed by atoms with Crippen LogP contribution in [0.4, 0.5) is 15.8 Å². The van der Waals surface area contributed by atoms with Gasteiger partial charge in [0, 0.05) is 15.7 Å². The van der Waals surface area contributed by atoms with Crippen LogP contribution in [-0.2, 0) is 0 Å². The van der Waals surface area contributed by atoms with Crippen molar-refractivity contribution in [2.45, 2.75) is 6.92 Å². The lowest BCUT2D eigenvalue weighted by molar-refractivity contribution is 0.102. The molecule has 3 N–H and O–H groups in total. The van der Waals surface area contributed by atoms with E-state index in [2.05, 4.69) is 21.2 Å². The number of benzene rings is 2. The van der Waals surface area contributed by atoms with Crippen LogP contribution < -0.4 is 11.1 Å². The highest BCUT2D eigenvalue weighted by Gasteiger charge is 2.11. The Labute approximate surface area is 129 Å². The molecule has 0 aliphatic carbocycles. The van der Waals surface area contributed by atoms with E-state index in [0.29, 0.717) is 20.9 Å². The SMILES string of the molecule is Cc1cc(N)c(Cl)cc1NC(=O)c1cc(F)cc(Br)c1. The first kappa shape index (κ1) is 14.8. The number of rotatable bonds is 2. The highest BCUT2D eigenvalue weighted by Crippen LogP contribution is 2.27. The summed E-state index contributed by atoms with van der Waals surface area (Å²) in [6.45, 7) is 1.80. The Hall–Kier alpha value is -1.59. The maximum absolute atomic E-state index is 13.3. The van der Waals surface area contributed by atoms with Crippen molar-refractivity contribution in [2.75, 3.05) is 11.1 Å². The summed E-state index contributed by atoms with van der Waals surface area (Å²) in [7, 11) is 0. The van der Waals surface area contributed by atoms with Gasteiger partial charge in [-0.2, -0.15) is 0 Å². The van der Waals surface area contributed by atoms with Crippen molar-refractivity contribution < 1.29 is 9.18 Å². The van der Waals surface area contributed by atoms with Crippen LogP contribution in [0.15, 0.2) is 34.8 Å². The van der Waals surface area contributed by atoms with Crippen molar-refractivity contribution in [3.05, 3.63) is 56.8 Å². The summed E-state index contributed by atoms with van der Waals surface area (Å²) < 4.78 is 13.8. The van der Waals surface area contributed by atoms with E-state index in [9.17, 15) is 9.18 Å². The normalized spacial score (nSPS) is 10.4. The minimum Gasteiger partial charge on any atom is -0.398 e. The van der Waals surface area contributed by atoms with E-state index in [1.54, 1.807) is 19.1 Å². The molecule has 0 heterocycles. The summed E-state index contributed by atoms with van der Waals surface area (Å²) in [5.41, 5.74) is 7.63. The molecule has 20 heavy (non-hydrogen) atoms. The Balaban J connectivity index is 2.30. The summed E-state index contributed by atoms with van der Waals surface area (Å²) in [5.74, 6) is -0.911. The molecule has 6 heteroatoms. The number of hydrogen-bond acceptors (Lipinski definition) is 2. The van der Waals surface area contributed by atoms with Crippen molar-refractivity contribution in [1.82, 2.24) is 0 Å². The number of anilines is 2. The van der Waals surface area contributed by atoms with Gasteiger partial charge in [0.05, 0.1) is 10.7 Å². The predicted octanol–water partition coefficient (Wildman–Crippen LogP) is 4.38. The van der Waals surface area contributed by atoms with Gasteiger partial charge in [0.2, 0.25) is 0 Å². The summed E-state index contributed by atoms with van der Waals surface area (Å²) >= 11 is 9.07. The first-order chi connectivity index (χ1) is 9.36. The lowest BCUT2D eigenvalue weighted by Gasteiger charge is -2.10. The molecule has 0 aliphatic heterocycles. The largest absolute Gasteiger partial charge is 0.398 e. The Morgan fingerprint density at radius 2 is 2.00 bits per heavy atom. The highest BCUT2D eigenvalue weighted by atomic mass is 79.9. The zero-order valence-electron chi connectivity index (χ0n) is 10.5. The number of hydrogen-bond donors (Lipinski definition) is 2. The third-order valence-electron chi connectivity index (χ3n) is 2.72. The van der Waals surface area contributed by atoms with Gasteiger partial charge in [-0.15, -0.1) is 0 Å². The number of nitrogen functional groups attached to an aromatic ring is 1. The quantitative estimate of drug-likeness (QED) is 0.783. The fourth-order valence-electron chi connectivity index (χ4n) is 1.72. The third-order valence-corrected chi connectivity index (χ3v) is 3.50. The molecular formula is C14H11BrClFN2O. The molecule has 0 fully saturated rings. The van der Waals surface area contributed by atoms with Crippen LogP contribution >= 0.6 is 27.5 Å². The number of nitrogens with one attached hydrogen (secondary N) is 1. The van der Waals surface area contributed by atoms with Gasteiger partial charge in [-0.25, -0.2) is 4.39 Å². The third kappa shape index (κ3) is 3.29. The summed E-state index contributed by atoms with van der Waals surface area (Å²) in [6.07, 6.45) is 0. The topological polar surface area (TPSA) is 55.1 Å². The van der Waals surface area contributed by atoms with Crippen molar-refractivity contribution >= 4 is 44.8 Å². The molecule has 0 aromatic heterocycles. The monoisotopic (exact) mass is 356 g/mol. The van der Waals surface area contributed by atoms with Crippen molar-refractivity contribution in [1.29, 1.82) is 0 Å². The lowest BCUT2D eigenvalue weighted by Crippen LogP contribution is -2.13. The number of carbonyl (C=O) groups is 1. The van der Waals surface area contributed by atoms with Crippen molar-refractivity contribution in [3.63, 3.8) is 0 Å². The second kappa shape index (κ2) is 5.81. The summed E-state index contributed by atoms with van der Waals surface area (Å²) in [4.78, 5) is 12.1. The van der Waals surface area contributed by atoms with Gasteiger partial charge < -0.3 is 11.1 Å². The van der Waals surface area contributed by atoms with Crippen LogP contribution in [0.25, 0.3) is 0 Å². The molecule has 0 unspecified atom stereocenters. The molecule has 0 radical (unpaired) electrons. The van der Waals surface area contributed by atoms with Gasteiger partial charge in [0.1, 0.15) is 5.82 Å². The van der Waals surface area contributed by atoms with Crippen LogP contribution in [0, 0.1) is 12.7 Å². The molecule has 3 nitrogen and oxygen atoms in total. The minimum absolute atomic E-state index is 0.212. The maximum atomic E-state index is 13.3. The number of halogens is 3. The average Bonchev–Trinajstić information content (AvgIpc) is 2.34. The predicted molar refractivity (Wildman–Crippen MR) is 82.7 cm³/mol. The van der Waals surface area contributed by atoms with E-state index in [1.807, 2.05) is 0 Å². The van der Waals surface area contributed by atoms with Crippen molar-refractivity contribution in [2.24, 2.45) is 0 Å². The van der Waals surface area contributed by atoms with E-state index < -0.39 is 11.7 Å². The molecule has 1 amide bonds. The number of carbonyl (C=O) groups excluding carboxylic acids is 1. The highest BCUT2D eigenvalue weighted by molar-refractivity contribution is 9.10. The molecule has 0 atom stereocenters. The standard InChI is InChI=1S/C14H11BrClFN2O/c1-7-2-12(18)11(16)6-13(7)19-14(20)8-3-9(15)5-10(17)4-8/h2-6H,18H2,1H3,(H,19,20). The van der Waals surface area contributed by atoms with Crippen LogP contribution in [0.5, 0.6) is 0 Å². The number of nitrogens with two attached hydrogens (primary N) is 1. The zero-order chi connectivity index (χ0) is 14.9. The molecule has 2 rings (SSSR count). The van der Waals surface area contributed by atoms with Crippen LogP contribution in [0.3, 0.4) is 0 Å². The fraction of sp³-hybridized carbons (Fsp3) is 0.0714. The molecule has 104 valence electrons. The number of aryl methyl sites for hydroxylation is 1. The second-order valence-electron chi connectivity index (χ2n) is 4.30. The first-order valence-corrected chi connectivity index (χ1v) is 6.87. The molecule has 0 saturated heterocycles. The molecule has 0 saturated carbocycles. The number of amides is 1. The lowest BCUT2D eigenvalue weighted by atomic mass is 10.1. The molecular weight excluding hydrogens is 347 g/mol. The van der Waals surface area contributed by atoms with Crippen molar-refractivity contribution in [3.8, 4) is 0 Å². The zero-order valence-corrected chi connectivity index (χ0v) is 12.8. The second-order valence-corrected chi connectivity index (χ2v) is 5.62. The van der Waals surface area contributed by atoms with E-state index in [4.69, 9.17) is 17.3 Å². The molecule has 0 bridgehead atoms. The van der Waals surface area contributed by atoms with Crippen LogP contribution in [0.1, 0.15) is 15.9 Å². The molecule has 0 spiro atoms. The van der Waals surface area contributed by atoms with Gasteiger partial charge in [-0.3, -0.25) is 4.79 Å². The van der Waals surface area contributed by atoms with E-state index in [1.165, 1.54) is 12.1 Å². The molecule has 0 aliphatic rings. The molecule has 2 aromatic carbocycles. The van der Waals surface area contributed by atoms with Crippen LogP contribution in [0.2, 0.25) is 5.02 Å². The van der Waals surface area contributed by atoms with E-state index >= 15 is 0 Å². The van der Waals surface area contributed by atoms with Gasteiger partial charge >= 0.3 is 0 Å². The minimum atomic E-state index is -0.489. The fourth-order valence-corrected chi connectivity index (χ4v) is 2.35. The van der Waals surface area contributed by atoms with Crippen LogP contribution in [-0.4, -0.2) is 5.91 Å². The van der Waals surface area contributed by atoms with Gasteiger partial charge in [0.15, 0.2) is 0 Å².